The summed E-state index contributed by atoms with van der Waals surface area (Å²) < 4.78 is 15.8. The molecule has 0 radical (unpaired) electrons. The normalized spacial score (nSPS) is 17.2. The van der Waals surface area contributed by atoms with Gasteiger partial charge in [0.25, 0.3) is 0 Å². The minimum atomic E-state index is -3.16. The van der Waals surface area contributed by atoms with Crippen molar-refractivity contribution in [2.75, 3.05) is 25.1 Å². The van der Waals surface area contributed by atoms with E-state index >= 15 is 0 Å². The van der Waals surface area contributed by atoms with Gasteiger partial charge in [0.15, 0.2) is 0 Å². The SMILES string of the molecule is CC(COC(O)(O)O)Nc1ncc2c(OC3CCOCC3)nccc2n1. The molecule has 26 heavy (non-hydrogen) atoms. The molecule has 1 fully saturated rings. The summed E-state index contributed by atoms with van der Waals surface area (Å²) in [6.45, 7) is 2.90. The molecule has 2 aromatic rings. The molecule has 1 unspecified atom stereocenters. The van der Waals surface area contributed by atoms with Crippen LogP contribution in [0.4, 0.5) is 5.95 Å². The van der Waals surface area contributed by atoms with Crippen molar-refractivity contribution >= 4 is 16.9 Å². The largest absolute Gasteiger partial charge is 0.474 e. The summed E-state index contributed by atoms with van der Waals surface area (Å²) in [5.74, 6) is 0.819. The minimum absolute atomic E-state index is 0.0625. The van der Waals surface area contributed by atoms with E-state index in [1.54, 1.807) is 25.4 Å². The Balaban J connectivity index is 1.68. The van der Waals surface area contributed by atoms with E-state index in [0.29, 0.717) is 35.9 Å². The van der Waals surface area contributed by atoms with Crippen LogP contribution in [0.15, 0.2) is 18.5 Å². The summed E-state index contributed by atoms with van der Waals surface area (Å²) in [4.78, 5) is 12.9. The van der Waals surface area contributed by atoms with Crippen LogP contribution in [0.5, 0.6) is 5.88 Å². The Morgan fingerprint density at radius 3 is 2.81 bits per heavy atom. The van der Waals surface area contributed by atoms with Crippen LogP contribution >= 0.6 is 0 Å². The maximum Gasteiger partial charge on any atom is 0.405 e. The van der Waals surface area contributed by atoms with E-state index in [0.717, 1.165) is 12.8 Å². The second kappa shape index (κ2) is 8.06. The molecule has 10 nitrogen and oxygen atoms in total. The van der Waals surface area contributed by atoms with Gasteiger partial charge in [-0.25, -0.2) is 15.0 Å². The molecule has 1 aliphatic rings. The molecule has 0 saturated carbocycles. The first-order valence-electron chi connectivity index (χ1n) is 8.34. The van der Waals surface area contributed by atoms with Crippen molar-refractivity contribution in [1.82, 2.24) is 15.0 Å². The number of hydrogen-bond donors (Lipinski definition) is 4. The van der Waals surface area contributed by atoms with Crippen LogP contribution in [-0.4, -0.2) is 68.4 Å². The maximum absolute atomic E-state index is 8.74. The van der Waals surface area contributed by atoms with E-state index in [1.165, 1.54) is 0 Å². The maximum atomic E-state index is 8.74. The van der Waals surface area contributed by atoms with Crippen molar-refractivity contribution in [3.63, 3.8) is 0 Å². The Hall–Kier alpha value is -2.11. The Morgan fingerprint density at radius 1 is 1.31 bits per heavy atom. The van der Waals surface area contributed by atoms with Crippen LogP contribution in [-0.2, 0) is 9.47 Å². The number of rotatable bonds is 7. The van der Waals surface area contributed by atoms with E-state index in [-0.39, 0.29) is 18.8 Å². The van der Waals surface area contributed by atoms with Gasteiger partial charge in [-0.3, -0.25) is 0 Å². The number of hydrogen-bond acceptors (Lipinski definition) is 10. The Morgan fingerprint density at radius 2 is 2.08 bits per heavy atom. The van der Waals surface area contributed by atoms with Crippen LogP contribution < -0.4 is 10.1 Å². The molecule has 0 aromatic carbocycles. The fraction of sp³-hybridized carbons (Fsp3) is 0.562. The fourth-order valence-electron chi connectivity index (χ4n) is 2.55. The van der Waals surface area contributed by atoms with E-state index < -0.39 is 6.16 Å². The average molecular weight is 366 g/mol. The summed E-state index contributed by atoms with van der Waals surface area (Å²) in [5, 5.41) is 29.9. The predicted molar refractivity (Wildman–Crippen MR) is 90.2 cm³/mol. The number of ether oxygens (including phenoxy) is 3. The van der Waals surface area contributed by atoms with Crippen molar-refractivity contribution in [3.8, 4) is 5.88 Å². The highest BCUT2D eigenvalue weighted by atomic mass is 16.9. The zero-order valence-corrected chi connectivity index (χ0v) is 14.3. The van der Waals surface area contributed by atoms with Crippen LogP contribution in [0.1, 0.15) is 19.8 Å². The molecule has 3 heterocycles. The van der Waals surface area contributed by atoms with E-state index in [1.807, 2.05) is 0 Å². The zero-order valence-electron chi connectivity index (χ0n) is 14.3. The summed E-state index contributed by atoms with van der Waals surface area (Å²) in [7, 11) is 0. The Kier molecular flexibility index (Phi) is 5.79. The van der Waals surface area contributed by atoms with Crippen molar-refractivity contribution in [2.24, 2.45) is 0 Å². The summed E-state index contributed by atoms with van der Waals surface area (Å²) in [6, 6.07) is 1.37. The average Bonchev–Trinajstić information content (AvgIpc) is 2.60. The highest BCUT2D eigenvalue weighted by Gasteiger charge is 2.21. The molecule has 0 aliphatic carbocycles. The highest BCUT2D eigenvalue weighted by molar-refractivity contribution is 5.83. The van der Waals surface area contributed by atoms with Gasteiger partial charge >= 0.3 is 6.16 Å². The number of aliphatic hydroxyl groups is 3. The third-order valence-corrected chi connectivity index (χ3v) is 3.82. The van der Waals surface area contributed by atoms with Gasteiger partial charge in [-0.1, -0.05) is 0 Å². The second-order valence-corrected chi connectivity index (χ2v) is 6.10. The predicted octanol–water partition coefficient (Wildman–Crippen LogP) is -0.0122. The Labute approximate surface area is 149 Å². The first-order valence-corrected chi connectivity index (χ1v) is 8.34. The van der Waals surface area contributed by atoms with Crippen LogP contribution in [0, 0.1) is 0 Å². The first kappa shape index (κ1) is 18.7. The lowest BCUT2D eigenvalue weighted by Crippen LogP contribution is -2.36. The lowest BCUT2D eigenvalue weighted by molar-refractivity contribution is -0.454. The Bertz CT molecular complexity index is 732. The molecule has 3 rings (SSSR count). The number of nitrogens with zero attached hydrogens (tertiary/aromatic N) is 3. The topological polar surface area (TPSA) is 139 Å². The van der Waals surface area contributed by atoms with Gasteiger partial charge in [0.05, 0.1) is 30.7 Å². The van der Waals surface area contributed by atoms with Crippen LogP contribution in [0.25, 0.3) is 10.9 Å². The molecule has 0 amide bonds. The van der Waals surface area contributed by atoms with Gasteiger partial charge in [-0.2, -0.15) is 0 Å². The summed E-state index contributed by atoms with van der Waals surface area (Å²) in [6.07, 6.45) is 1.78. The van der Waals surface area contributed by atoms with Gasteiger partial charge in [0.1, 0.15) is 6.10 Å². The molecule has 0 spiro atoms. The second-order valence-electron chi connectivity index (χ2n) is 6.10. The highest BCUT2D eigenvalue weighted by Crippen LogP contribution is 2.24. The molecule has 142 valence electrons. The zero-order chi connectivity index (χ0) is 18.6. The molecule has 10 heteroatoms. The lowest BCUT2D eigenvalue weighted by Gasteiger charge is -2.23. The fourth-order valence-corrected chi connectivity index (χ4v) is 2.55. The van der Waals surface area contributed by atoms with Crippen LogP contribution in [0.2, 0.25) is 0 Å². The molecule has 1 atom stereocenters. The van der Waals surface area contributed by atoms with E-state index in [9.17, 15) is 0 Å². The smallest absolute Gasteiger partial charge is 0.405 e. The third kappa shape index (κ3) is 5.19. The minimum Gasteiger partial charge on any atom is -0.474 e. The third-order valence-electron chi connectivity index (χ3n) is 3.82. The van der Waals surface area contributed by atoms with Crippen molar-refractivity contribution in [2.45, 2.75) is 38.1 Å². The molecular weight excluding hydrogens is 344 g/mol. The van der Waals surface area contributed by atoms with Gasteiger partial charge < -0.3 is 34.8 Å². The molecule has 2 aromatic heterocycles. The van der Waals surface area contributed by atoms with Gasteiger partial charge in [0.2, 0.25) is 11.8 Å². The number of nitrogens with one attached hydrogen (secondary N) is 1. The lowest BCUT2D eigenvalue weighted by atomic mass is 10.1. The quantitative estimate of drug-likeness (QED) is 0.495. The summed E-state index contributed by atoms with van der Waals surface area (Å²) in [5.41, 5.74) is 0.661. The standard InChI is InChI=1S/C16H22N4O6/c1-10(9-25-16(21,22)23)19-15-18-8-12-13(20-15)2-5-17-14(12)26-11-3-6-24-7-4-11/h2,5,8,10-11,21-23H,3-4,6-7,9H2,1H3,(H,18,19,20). The number of anilines is 1. The monoisotopic (exact) mass is 366 g/mol. The summed E-state index contributed by atoms with van der Waals surface area (Å²) >= 11 is 0. The molecule has 4 N–H and O–H groups in total. The van der Waals surface area contributed by atoms with Gasteiger partial charge in [-0.05, 0) is 13.0 Å². The number of pyridine rings is 1. The molecule has 0 bridgehead atoms. The van der Waals surface area contributed by atoms with Gasteiger partial charge in [-0.15, -0.1) is 0 Å². The van der Waals surface area contributed by atoms with Crippen molar-refractivity contribution < 1.29 is 29.5 Å². The van der Waals surface area contributed by atoms with E-state index in [2.05, 4.69) is 25.0 Å². The molecular formula is C16H22N4O6. The van der Waals surface area contributed by atoms with E-state index in [4.69, 9.17) is 24.8 Å². The molecule has 1 saturated heterocycles. The first-order chi connectivity index (χ1) is 12.4. The van der Waals surface area contributed by atoms with Crippen molar-refractivity contribution in [3.05, 3.63) is 18.5 Å². The van der Waals surface area contributed by atoms with Crippen LogP contribution in [0.3, 0.4) is 0 Å². The number of fused-ring (bicyclic) bond motifs is 1. The number of aromatic nitrogens is 3. The van der Waals surface area contributed by atoms with Gasteiger partial charge in [0, 0.05) is 31.3 Å². The van der Waals surface area contributed by atoms with Crippen molar-refractivity contribution in [1.29, 1.82) is 0 Å². The molecule has 1 aliphatic heterocycles.